The average Bonchev–Trinajstić information content (AvgIpc) is 3.43. The number of ether oxygens (including phenoxy) is 1. The Labute approximate surface area is 199 Å². The average molecular weight is 487 g/mol. The highest BCUT2D eigenvalue weighted by Gasteiger charge is 2.45. The molecule has 4 aliphatic rings. The Kier molecular flexibility index (Phi) is 5.34. The van der Waals surface area contributed by atoms with Gasteiger partial charge in [-0.25, -0.2) is 23.4 Å². The van der Waals surface area contributed by atoms with Crippen LogP contribution in [-0.2, 0) is 21.2 Å². The topological polar surface area (TPSA) is 131 Å². The van der Waals surface area contributed by atoms with E-state index in [0.29, 0.717) is 38.8 Å². The van der Waals surface area contributed by atoms with Crippen LogP contribution >= 0.6 is 0 Å². The van der Waals surface area contributed by atoms with Crippen molar-refractivity contribution < 1.29 is 13.2 Å². The molecule has 3 fully saturated rings. The molecule has 0 radical (unpaired) electrons. The quantitative estimate of drug-likeness (QED) is 0.643. The molecule has 2 saturated heterocycles. The molecule has 2 unspecified atom stereocenters. The molecule has 5 heterocycles. The number of morpholine rings is 1. The number of sulfonamides is 1. The van der Waals surface area contributed by atoms with Crippen LogP contribution in [0.2, 0.25) is 0 Å². The van der Waals surface area contributed by atoms with E-state index in [2.05, 4.69) is 26.7 Å². The zero-order chi connectivity index (χ0) is 23.4. The number of fused-ring (bicyclic) bond motifs is 1. The van der Waals surface area contributed by atoms with Crippen molar-refractivity contribution >= 4 is 27.7 Å². The lowest BCUT2D eigenvalue weighted by Gasteiger charge is -2.34. The van der Waals surface area contributed by atoms with Gasteiger partial charge in [-0.2, -0.15) is 9.29 Å². The van der Waals surface area contributed by atoms with Gasteiger partial charge in [-0.3, -0.25) is 0 Å². The fourth-order valence-corrected chi connectivity index (χ4v) is 7.14. The van der Waals surface area contributed by atoms with Crippen molar-refractivity contribution in [1.82, 2.24) is 24.2 Å². The van der Waals surface area contributed by atoms with Crippen molar-refractivity contribution in [1.29, 1.82) is 0 Å². The molecular formula is C22H30N8O3S. The van der Waals surface area contributed by atoms with Gasteiger partial charge < -0.3 is 20.3 Å². The summed E-state index contributed by atoms with van der Waals surface area (Å²) in [5.74, 6) is 1.78. The molecule has 0 amide bonds. The van der Waals surface area contributed by atoms with Gasteiger partial charge in [0, 0.05) is 55.7 Å². The number of aromatic nitrogens is 4. The maximum atomic E-state index is 12.8. The maximum absolute atomic E-state index is 12.8. The standard InChI is InChI=1S/C22H30N8O3S/c1-14-13-33-9-8-29(14)22-26-19(15-10-24-21(23)25-11-15)18-5-7-30(20(18)27-22)16-4-6-28(12-16)34(31,32)17-2-3-17/h10-11,14,16-17H,2-9,12-13H2,1H3,(H2,23,24,25). The smallest absolute Gasteiger partial charge is 0.228 e. The number of nitrogen functional groups attached to an aromatic ring is 1. The van der Waals surface area contributed by atoms with Gasteiger partial charge in [0.1, 0.15) is 5.82 Å². The molecule has 34 heavy (non-hydrogen) atoms. The Morgan fingerprint density at radius 1 is 1.06 bits per heavy atom. The van der Waals surface area contributed by atoms with Crippen molar-refractivity contribution in [3.63, 3.8) is 0 Å². The summed E-state index contributed by atoms with van der Waals surface area (Å²) in [4.78, 5) is 22.8. The molecule has 182 valence electrons. The zero-order valence-electron chi connectivity index (χ0n) is 19.3. The molecule has 0 spiro atoms. The highest BCUT2D eigenvalue weighted by Crippen LogP contribution is 2.39. The minimum Gasteiger partial charge on any atom is -0.377 e. The van der Waals surface area contributed by atoms with Gasteiger partial charge in [-0.05, 0) is 32.6 Å². The summed E-state index contributed by atoms with van der Waals surface area (Å²) in [7, 11) is -3.17. The van der Waals surface area contributed by atoms with Gasteiger partial charge in [-0.1, -0.05) is 0 Å². The first kappa shape index (κ1) is 21.9. The maximum Gasteiger partial charge on any atom is 0.228 e. The van der Waals surface area contributed by atoms with Crippen molar-refractivity contribution in [2.24, 2.45) is 0 Å². The number of nitrogens with two attached hydrogens (primary N) is 1. The van der Waals surface area contributed by atoms with Gasteiger partial charge >= 0.3 is 0 Å². The second-order valence-electron chi connectivity index (χ2n) is 9.61. The van der Waals surface area contributed by atoms with Crippen LogP contribution in [0.3, 0.4) is 0 Å². The second kappa shape index (κ2) is 8.28. The Bertz CT molecular complexity index is 1190. The van der Waals surface area contributed by atoms with E-state index in [1.165, 1.54) is 0 Å². The van der Waals surface area contributed by atoms with E-state index in [1.54, 1.807) is 16.7 Å². The highest BCUT2D eigenvalue weighted by molar-refractivity contribution is 7.90. The number of anilines is 3. The lowest BCUT2D eigenvalue weighted by Crippen LogP contribution is -2.45. The van der Waals surface area contributed by atoms with E-state index in [1.807, 2.05) is 0 Å². The third kappa shape index (κ3) is 3.77. The molecule has 1 saturated carbocycles. The fraction of sp³-hybridized carbons (Fsp3) is 0.636. The SMILES string of the molecule is CC1COCCN1c1nc(-c2cnc(N)nc2)c2c(n1)N(C1CCN(S(=O)(=O)C3CC3)C1)CC2. The Balaban J connectivity index is 1.37. The summed E-state index contributed by atoms with van der Waals surface area (Å²) in [5, 5.41) is -0.175. The number of hydrogen-bond acceptors (Lipinski definition) is 10. The van der Waals surface area contributed by atoms with Crippen LogP contribution in [0.5, 0.6) is 0 Å². The van der Waals surface area contributed by atoms with E-state index in [-0.39, 0.29) is 23.3 Å². The van der Waals surface area contributed by atoms with Crippen molar-refractivity contribution in [3.05, 3.63) is 18.0 Å². The molecule has 2 N–H and O–H groups in total. The van der Waals surface area contributed by atoms with Crippen LogP contribution in [0.4, 0.5) is 17.7 Å². The Morgan fingerprint density at radius 2 is 1.85 bits per heavy atom. The predicted octanol–water partition coefficient (Wildman–Crippen LogP) is 0.670. The molecule has 2 aromatic heterocycles. The highest BCUT2D eigenvalue weighted by atomic mass is 32.2. The molecule has 6 rings (SSSR count). The summed E-state index contributed by atoms with van der Waals surface area (Å²) in [6.45, 7) is 5.97. The van der Waals surface area contributed by atoms with Crippen LogP contribution in [0.25, 0.3) is 11.3 Å². The first-order valence-electron chi connectivity index (χ1n) is 12.0. The van der Waals surface area contributed by atoms with Crippen molar-refractivity contribution in [3.8, 4) is 11.3 Å². The number of rotatable bonds is 5. The molecule has 2 atom stereocenters. The van der Waals surface area contributed by atoms with Crippen LogP contribution in [0.15, 0.2) is 12.4 Å². The molecule has 0 aromatic carbocycles. The van der Waals surface area contributed by atoms with Crippen molar-refractivity contribution in [2.75, 3.05) is 54.9 Å². The van der Waals surface area contributed by atoms with E-state index in [9.17, 15) is 8.42 Å². The van der Waals surface area contributed by atoms with E-state index >= 15 is 0 Å². The van der Waals surface area contributed by atoms with E-state index in [4.69, 9.17) is 20.4 Å². The molecule has 2 aromatic rings. The minimum absolute atomic E-state index is 0.107. The molecule has 0 bridgehead atoms. The molecule has 11 nitrogen and oxygen atoms in total. The number of nitrogens with zero attached hydrogens (tertiary/aromatic N) is 7. The fourth-order valence-electron chi connectivity index (χ4n) is 5.25. The molecular weight excluding hydrogens is 456 g/mol. The summed E-state index contributed by atoms with van der Waals surface area (Å²) in [6, 6.07) is 0.262. The molecule has 12 heteroatoms. The normalized spacial score (nSPS) is 25.7. The summed E-state index contributed by atoms with van der Waals surface area (Å²) in [5.41, 5.74) is 8.41. The predicted molar refractivity (Wildman–Crippen MR) is 128 cm³/mol. The van der Waals surface area contributed by atoms with Gasteiger partial charge in [0.05, 0.1) is 30.2 Å². The lowest BCUT2D eigenvalue weighted by molar-refractivity contribution is 0.0981. The van der Waals surface area contributed by atoms with Crippen LogP contribution in [-0.4, -0.2) is 89.4 Å². The third-order valence-electron chi connectivity index (χ3n) is 7.29. The lowest BCUT2D eigenvalue weighted by atomic mass is 10.1. The van der Waals surface area contributed by atoms with E-state index < -0.39 is 10.0 Å². The minimum atomic E-state index is -3.17. The van der Waals surface area contributed by atoms with Crippen LogP contribution in [0.1, 0.15) is 31.7 Å². The third-order valence-corrected chi connectivity index (χ3v) is 9.66. The second-order valence-corrected chi connectivity index (χ2v) is 11.8. The molecule has 3 aliphatic heterocycles. The van der Waals surface area contributed by atoms with Gasteiger partial charge in [0.2, 0.25) is 21.9 Å². The largest absolute Gasteiger partial charge is 0.377 e. The summed E-state index contributed by atoms with van der Waals surface area (Å²) < 4.78 is 32.9. The monoisotopic (exact) mass is 486 g/mol. The van der Waals surface area contributed by atoms with E-state index in [0.717, 1.165) is 54.9 Å². The summed E-state index contributed by atoms with van der Waals surface area (Å²) >= 11 is 0. The Morgan fingerprint density at radius 3 is 2.59 bits per heavy atom. The van der Waals surface area contributed by atoms with Crippen LogP contribution < -0.4 is 15.5 Å². The van der Waals surface area contributed by atoms with Gasteiger partial charge in [0.15, 0.2) is 0 Å². The number of hydrogen-bond donors (Lipinski definition) is 1. The summed E-state index contributed by atoms with van der Waals surface area (Å²) in [6.07, 6.45) is 6.59. The first-order valence-corrected chi connectivity index (χ1v) is 13.5. The Hall–Kier alpha value is -2.57. The van der Waals surface area contributed by atoms with Crippen molar-refractivity contribution in [2.45, 2.75) is 49.9 Å². The van der Waals surface area contributed by atoms with Gasteiger partial charge in [0.25, 0.3) is 0 Å². The van der Waals surface area contributed by atoms with Gasteiger partial charge in [-0.15, -0.1) is 0 Å². The first-order chi connectivity index (χ1) is 16.4. The molecule has 1 aliphatic carbocycles. The zero-order valence-corrected chi connectivity index (χ0v) is 20.1. The van der Waals surface area contributed by atoms with Crippen LogP contribution in [0, 0.1) is 0 Å².